The fourth-order valence-corrected chi connectivity index (χ4v) is 5.46. The summed E-state index contributed by atoms with van der Waals surface area (Å²) in [7, 11) is 4.04. The molecule has 0 aliphatic heterocycles. The molecule has 0 spiro atoms. The molecule has 43 heavy (non-hydrogen) atoms. The van der Waals surface area contributed by atoms with Gasteiger partial charge in [0.15, 0.2) is 11.6 Å². The van der Waals surface area contributed by atoms with Crippen LogP contribution in [0.1, 0.15) is 147 Å². The minimum absolute atomic E-state index is 0. The van der Waals surface area contributed by atoms with Crippen molar-refractivity contribution in [2.75, 3.05) is 35.6 Å². The molecule has 0 amide bonds. The molecule has 3 aromatic heterocycles. The van der Waals surface area contributed by atoms with Gasteiger partial charge in [0.05, 0.1) is 5.69 Å². The molecule has 0 atom stereocenters. The summed E-state index contributed by atoms with van der Waals surface area (Å²) in [6.45, 7) is 25.2. The number of nitrogens with zero attached hydrogens (tertiary/aromatic N) is 5. The number of aromatic nitrogens is 6. The monoisotopic (exact) mass is 636 g/mol. The molecule has 3 aromatic rings. The zero-order valence-corrected chi connectivity index (χ0v) is 30.2. The van der Waals surface area contributed by atoms with Crippen molar-refractivity contribution in [2.24, 2.45) is 14.1 Å². The summed E-state index contributed by atoms with van der Waals surface area (Å²) >= 11 is 0. The first-order valence-electron chi connectivity index (χ1n) is 21.4. The maximum Gasteiger partial charge on any atom is 0.151 e. The minimum Gasteiger partial charge on any atom is -0.370 e. The molecule has 0 radical (unpaired) electrons. The number of fused-ring (bicyclic) bond motifs is 3. The van der Waals surface area contributed by atoms with E-state index >= 15 is 0 Å². The van der Waals surface area contributed by atoms with Crippen LogP contribution >= 0.6 is 0 Å². The molecule has 0 aromatic carbocycles. The summed E-state index contributed by atoms with van der Waals surface area (Å²) < 4.78 is 44.0. The molecule has 4 N–H and O–H groups in total. The highest BCUT2D eigenvalue weighted by Crippen LogP contribution is 2.28. The number of hydrogen-bond donors (Lipinski definition) is 4. The van der Waals surface area contributed by atoms with E-state index in [1.165, 1.54) is 91.0 Å². The number of hydrogen-bond acceptors (Lipinski definition) is 6. The Kier molecular flexibility index (Phi) is 18.0. The van der Waals surface area contributed by atoms with Crippen LogP contribution in [0.4, 0.5) is 17.5 Å². The highest BCUT2D eigenvalue weighted by atomic mass is 15.3. The van der Waals surface area contributed by atoms with E-state index in [1.54, 1.807) is 0 Å². The quantitative estimate of drug-likeness (QED) is 0.215. The van der Waals surface area contributed by atoms with Gasteiger partial charge in [-0.1, -0.05) is 55.4 Å². The molecule has 3 aliphatic carbocycles. The van der Waals surface area contributed by atoms with Gasteiger partial charge in [-0.05, 0) is 78.6 Å². The lowest BCUT2D eigenvalue weighted by atomic mass is 10.2. The molecule has 3 heterocycles. The lowest BCUT2D eigenvalue weighted by molar-refractivity contribution is 0.708. The van der Waals surface area contributed by atoms with E-state index in [0.29, 0.717) is 0 Å². The van der Waals surface area contributed by atoms with E-state index in [0.717, 1.165) is 37.7 Å². The van der Waals surface area contributed by atoms with E-state index in [9.17, 15) is 0 Å². The van der Waals surface area contributed by atoms with Crippen LogP contribution in [-0.2, 0) is 52.6 Å². The summed E-state index contributed by atoms with van der Waals surface area (Å²) in [5.41, 5.74) is 8.35. The molecule has 0 saturated carbocycles. The second-order valence-corrected chi connectivity index (χ2v) is 9.48. The van der Waals surface area contributed by atoms with Crippen LogP contribution in [0.5, 0.6) is 0 Å². The average molecular weight is 636 g/mol. The number of aryl methyl sites for hydroxylation is 4. The zero-order chi connectivity index (χ0) is 40.8. The predicted octanol–water partition coefficient (Wildman–Crippen LogP) is 10.1. The van der Waals surface area contributed by atoms with Crippen molar-refractivity contribution in [3.8, 4) is 0 Å². The minimum atomic E-state index is 0. The van der Waals surface area contributed by atoms with E-state index in [-0.39, 0.29) is 5.71 Å². The standard InChI is InChI=1S/2C9H15N3.C8H13N3.4C2H6.8H2/c1-3-10-9-7-5-4-6-8(7)12(2)11-9;1-3-10-9-7-5-4-6-8(7)11-12(9)2;1-2-9-8-6-4-3-5-7(6)10-11-8;4*1-2;;;;;;;;/h3-6H2,1-2H3,(H,10,11);10H,3-6H2,1-2H3;2-5H2,1H3,(H2,9,10,11);4*1-2H3;8*1H/i;;;;;;;4*1+2T;1+2;;;. The van der Waals surface area contributed by atoms with E-state index in [4.69, 9.17) is 11.9 Å². The zero-order valence-electron chi connectivity index (χ0n) is 38.2. The lowest BCUT2D eigenvalue weighted by Crippen LogP contribution is -2.05. The van der Waals surface area contributed by atoms with Crippen molar-refractivity contribution in [1.29, 1.82) is 0 Å². The summed E-state index contributed by atoms with van der Waals surface area (Å²) in [6.07, 6.45) is 11.0. The van der Waals surface area contributed by atoms with E-state index in [2.05, 4.69) is 57.1 Å². The van der Waals surface area contributed by atoms with Gasteiger partial charge in [0.25, 0.3) is 0 Å². The molecule has 9 heteroatoms. The average Bonchev–Trinajstić information content (AvgIpc) is 4.08. The first-order valence-corrected chi connectivity index (χ1v) is 17.4. The number of nitrogens with one attached hydrogen (secondary N) is 4. The van der Waals surface area contributed by atoms with Crippen LogP contribution in [-0.4, -0.2) is 49.4 Å². The fraction of sp³-hybridized carbons (Fsp3) is 0.735. The van der Waals surface area contributed by atoms with Crippen LogP contribution in [0.2, 0.25) is 0 Å². The van der Waals surface area contributed by atoms with Crippen LogP contribution < -0.4 is 16.0 Å². The topological polar surface area (TPSA) is 100 Å². The van der Waals surface area contributed by atoms with Crippen LogP contribution in [0.25, 0.3) is 0 Å². The van der Waals surface area contributed by atoms with Gasteiger partial charge in [0.1, 0.15) is 5.82 Å². The molecule has 0 bridgehead atoms. The molecule has 3 aliphatic rings. The Hall–Kier alpha value is -2.97. The Morgan fingerprint density at radius 2 is 1.19 bits per heavy atom. The Labute approximate surface area is 282 Å². The Bertz CT molecular complexity index is 1150. The van der Waals surface area contributed by atoms with Crippen LogP contribution in [0, 0.1) is 0 Å². The van der Waals surface area contributed by atoms with Gasteiger partial charge in [0.2, 0.25) is 0 Å². The van der Waals surface area contributed by atoms with Crippen molar-refractivity contribution in [2.45, 2.75) is 134 Å². The molecular formula is C34H83N9. The van der Waals surface area contributed by atoms with Crippen LogP contribution in [0.3, 0.4) is 0 Å². The molecule has 0 saturated heterocycles. The van der Waals surface area contributed by atoms with E-state index < -0.39 is 0 Å². The number of H-pyrrole nitrogens is 1. The summed E-state index contributed by atoms with van der Waals surface area (Å²) in [6, 6.07) is 0. The number of aromatic amines is 1. The van der Waals surface area contributed by atoms with E-state index in [1.807, 2.05) is 78.8 Å². The second kappa shape index (κ2) is 23.5. The summed E-state index contributed by atoms with van der Waals surface area (Å²) in [4.78, 5) is 0. The largest absolute Gasteiger partial charge is 0.370 e. The van der Waals surface area contributed by atoms with Gasteiger partial charge in [-0.25, -0.2) is 0 Å². The third-order valence-corrected chi connectivity index (χ3v) is 7.02. The Morgan fingerprint density at radius 3 is 1.81 bits per heavy atom. The van der Waals surface area contributed by atoms with Gasteiger partial charge in [-0.2, -0.15) is 15.3 Å². The second-order valence-electron chi connectivity index (χ2n) is 9.48. The van der Waals surface area contributed by atoms with Gasteiger partial charge >= 0.3 is 0 Å². The Balaban J connectivity index is -0.0000000676. The van der Waals surface area contributed by atoms with Crippen molar-refractivity contribution >= 4 is 17.5 Å². The van der Waals surface area contributed by atoms with Gasteiger partial charge < -0.3 is 16.0 Å². The smallest absolute Gasteiger partial charge is 0.151 e. The highest BCUT2D eigenvalue weighted by molar-refractivity contribution is 5.50. The highest BCUT2D eigenvalue weighted by Gasteiger charge is 2.21. The van der Waals surface area contributed by atoms with Gasteiger partial charge in [-0.3, -0.25) is 14.5 Å². The SMILES string of the molecule is CC.CC.CC.CC.CCNc1c2c(nn1C)CCC2.CCNc1n[nH]c2c1CCC2.CCNc1nn(C)c2c1CCC2.[3HH].[3H][3H].[3H][3H].[3H][3H].[3H][3H].[HH].[HH].[HH]. The fourth-order valence-electron chi connectivity index (χ4n) is 5.46. The molecule has 9 nitrogen and oxygen atoms in total. The van der Waals surface area contributed by atoms with Crippen molar-refractivity contribution < 1.29 is 17.6 Å². The molecule has 0 fully saturated rings. The molecular weight excluding hydrogens is 534 g/mol. The maximum atomic E-state index is 5.00. The number of anilines is 3. The van der Waals surface area contributed by atoms with Crippen molar-refractivity contribution in [3.05, 3.63) is 33.8 Å². The summed E-state index contributed by atoms with van der Waals surface area (Å²) in [5.74, 6) is 3.40. The van der Waals surface area contributed by atoms with Crippen LogP contribution in [0.15, 0.2) is 0 Å². The van der Waals surface area contributed by atoms with Crippen molar-refractivity contribution in [3.63, 3.8) is 0 Å². The number of rotatable bonds is 6. The third kappa shape index (κ3) is 11.2. The van der Waals surface area contributed by atoms with Gasteiger partial charge in [-0.15, -0.1) is 0 Å². The molecule has 0 unspecified atom stereocenters. The summed E-state index contributed by atoms with van der Waals surface area (Å²) in [5, 5.41) is 26.0. The third-order valence-electron chi connectivity index (χ3n) is 7.02. The molecule has 264 valence electrons. The predicted molar refractivity (Wildman–Crippen MR) is 206 cm³/mol. The normalized spacial score (nSPS) is 13.4. The lowest BCUT2D eigenvalue weighted by Gasteiger charge is -2.04. The Morgan fingerprint density at radius 1 is 0.651 bits per heavy atom. The first kappa shape index (κ1) is 32.9. The maximum absolute atomic E-state index is 5.00. The van der Waals surface area contributed by atoms with Gasteiger partial charge in [0, 0.05) is 79.4 Å². The molecule has 6 rings (SSSR count). The first-order chi connectivity index (χ1) is 25.1. The van der Waals surface area contributed by atoms with Crippen molar-refractivity contribution in [1.82, 2.24) is 29.8 Å².